The fourth-order valence-corrected chi connectivity index (χ4v) is 2.18. The van der Waals surface area contributed by atoms with Crippen LogP contribution in [-0.4, -0.2) is 34.8 Å². The summed E-state index contributed by atoms with van der Waals surface area (Å²) in [5, 5.41) is 3.03. The van der Waals surface area contributed by atoms with Gasteiger partial charge in [0.2, 0.25) is 0 Å². The molecule has 1 N–H and O–H groups in total. The molecule has 1 rings (SSSR count). The van der Waals surface area contributed by atoms with Crippen molar-refractivity contribution < 1.29 is 14.3 Å². The van der Waals surface area contributed by atoms with Crippen molar-refractivity contribution in [3.8, 4) is 5.75 Å². The second-order valence-corrected chi connectivity index (χ2v) is 6.90. The van der Waals surface area contributed by atoms with Gasteiger partial charge in [0.15, 0.2) is 0 Å². The molecule has 21 heavy (non-hydrogen) atoms. The van der Waals surface area contributed by atoms with Gasteiger partial charge in [0.1, 0.15) is 22.3 Å². The Morgan fingerprint density at radius 3 is 2.57 bits per heavy atom. The van der Waals surface area contributed by atoms with Gasteiger partial charge < -0.3 is 14.8 Å². The second-order valence-electron chi connectivity index (χ2n) is 5.25. The summed E-state index contributed by atoms with van der Waals surface area (Å²) in [5.74, 6) is 0.770. The molecule has 0 aliphatic carbocycles. The predicted octanol–water partition coefficient (Wildman–Crippen LogP) is 3.01. The summed E-state index contributed by atoms with van der Waals surface area (Å²) in [6.45, 7) is 6.62. The van der Waals surface area contributed by atoms with Gasteiger partial charge in [0.25, 0.3) is 0 Å². The lowest BCUT2D eigenvalue weighted by Crippen LogP contribution is -2.28. The van der Waals surface area contributed by atoms with Gasteiger partial charge in [0.05, 0.1) is 12.3 Å². The van der Waals surface area contributed by atoms with Crippen molar-refractivity contribution in [2.45, 2.75) is 26.4 Å². The number of esters is 1. The van der Waals surface area contributed by atoms with Crippen molar-refractivity contribution in [3.63, 3.8) is 0 Å². The van der Waals surface area contributed by atoms with Crippen LogP contribution in [0.4, 0.5) is 0 Å². The summed E-state index contributed by atoms with van der Waals surface area (Å²) in [5.41, 5.74) is -0.462. The van der Waals surface area contributed by atoms with Crippen molar-refractivity contribution in [2.75, 3.05) is 18.9 Å². The summed E-state index contributed by atoms with van der Waals surface area (Å²) in [6, 6.07) is 9.58. The van der Waals surface area contributed by atoms with Crippen LogP contribution in [-0.2, 0) is 9.53 Å². The molecule has 6 heteroatoms. The van der Waals surface area contributed by atoms with Gasteiger partial charge in [-0.15, -0.1) is 0 Å². The lowest BCUT2D eigenvalue weighted by Gasteiger charge is -2.19. The van der Waals surface area contributed by atoms with E-state index >= 15 is 0 Å². The predicted molar refractivity (Wildman–Crippen MR) is 90.8 cm³/mol. The molecule has 0 aromatic heterocycles. The van der Waals surface area contributed by atoms with Crippen LogP contribution in [0, 0.1) is 0 Å². The van der Waals surface area contributed by atoms with Crippen LogP contribution in [0.25, 0.3) is 0 Å². The lowest BCUT2D eigenvalue weighted by atomic mass is 10.2. The number of benzene rings is 1. The molecular weight excluding hydrogens is 306 g/mol. The fourth-order valence-electron chi connectivity index (χ4n) is 1.39. The topological polar surface area (TPSA) is 47.6 Å². The van der Waals surface area contributed by atoms with Crippen molar-refractivity contribution >= 4 is 34.3 Å². The first-order valence-corrected chi connectivity index (χ1v) is 8.06. The SMILES string of the molecule is CC(C)(C)OC(=O)CSC(=S)NCCOc1ccccc1. The fraction of sp³-hybridized carbons (Fsp3) is 0.467. The van der Waals surface area contributed by atoms with E-state index in [1.165, 1.54) is 11.8 Å². The number of thioether (sulfide) groups is 1. The van der Waals surface area contributed by atoms with Crippen molar-refractivity contribution in [2.24, 2.45) is 0 Å². The monoisotopic (exact) mass is 327 g/mol. The minimum absolute atomic E-state index is 0.211. The van der Waals surface area contributed by atoms with Gasteiger partial charge in [-0.3, -0.25) is 4.79 Å². The molecule has 0 fully saturated rings. The molecule has 0 heterocycles. The number of carbonyl (C=O) groups excluding carboxylic acids is 1. The Labute approximate surface area is 135 Å². The summed E-state index contributed by atoms with van der Waals surface area (Å²) >= 11 is 6.39. The number of ether oxygens (including phenoxy) is 2. The number of thiocarbonyl (C=S) groups is 1. The van der Waals surface area contributed by atoms with E-state index in [4.69, 9.17) is 21.7 Å². The second kappa shape index (κ2) is 8.89. The highest BCUT2D eigenvalue weighted by Gasteiger charge is 2.16. The van der Waals surface area contributed by atoms with E-state index in [1.807, 2.05) is 51.1 Å². The number of hydrogen-bond donors (Lipinski definition) is 1. The highest BCUT2D eigenvalue weighted by molar-refractivity contribution is 8.23. The molecule has 0 amide bonds. The third kappa shape index (κ3) is 9.31. The molecule has 116 valence electrons. The summed E-state index contributed by atoms with van der Waals surface area (Å²) in [4.78, 5) is 11.5. The van der Waals surface area contributed by atoms with Crippen LogP contribution in [0.2, 0.25) is 0 Å². The molecule has 0 bridgehead atoms. The zero-order valence-corrected chi connectivity index (χ0v) is 14.2. The molecule has 1 aromatic carbocycles. The molecule has 0 saturated carbocycles. The van der Waals surface area contributed by atoms with Crippen LogP contribution in [0.3, 0.4) is 0 Å². The smallest absolute Gasteiger partial charge is 0.316 e. The van der Waals surface area contributed by atoms with E-state index < -0.39 is 5.60 Å². The quantitative estimate of drug-likeness (QED) is 0.492. The average molecular weight is 327 g/mol. The van der Waals surface area contributed by atoms with Gasteiger partial charge in [-0.2, -0.15) is 0 Å². The van der Waals surface area contributed by atoms with Gasteiger partial charge in [0, 0.05) is 0 Å². The van der Waals surface area contributed by atoms with E-state index in [2.05, 4.69) is 5.32 Å². The Morgan fingerprint density at radius 2 is 1.95 bits per heavy atom. The molecular formula is C15H21NO3S2. The number of rotatable bonds is 6. The molecule has 0 spiro atoms. The van der Waals surface area contributed by atoms with Crippen molar-refractivity contribution in [1.82, 2.24) is 5.32 Å². The zero-order chi connectivity index (χ0) is 15.7. The standard InChI is InChI=1S/C15H21NO3S2/c1-15(2,3)19-13(17)11-21-14(20)16-9-10-18-12-7-5-4-6-8-12/h4-8H,9-11H2,1-3H3,(H,16,20). The van der Waals surface area contributed by atoms with Crippen LogP contribution in [0.5, 0.6) is 5.75 Å². The minimum Gasteiger partial charge on any atom is -0.492 e. The van der Waals surface area contributed by atoms with Crippen molar-refractivity contribution in [1.29, 1.82) is 0 Å². The Balaban J connectivity index is 2.10. The van der Waals surface area contributed by atoms with E-state index in [0.717, 1.165) is 5.75 Å². The van der Waals surface area contributed by atoms with Crippen LogP contribution >= 0.6 is 24.0 Å². The van der Waals surface area contributed by atoms with Gasteiger partial charge in [-0.05, 0) is 32.9 Å². The first-order valence-electron chi connectivity index (χ1n) is 6.67. The average Bonchev–Trinajstić information content (AvgIpc) is 2.41. The van der Waals surface area contributed by atoms with Gasteiger partial charge in [-0.1, -0.05) is 42.2 Å². The number of para-hydroxylation sites is 1. The highest BCUT2D eigenvalue weighted by atomic mass is 32.2. The molecule has 0 atom stereocenters. The van der Waals surface area contributed by atoms with E-state index in [1.54, 1.807) is 0 Å². The molecule has 0 aliphatic rings. The van der Waals surface area contributed by atoms with Crippen LogP contribution in [0.15, 0.2) is 30.3 Å². The maximum atomic E-state index is 11.5. The molecule has 0 unspecified atom stereocenters. The maximum Gasteiger partial charge on any atom is 0.316 e. The molecule has 0 radical (unpaired) electrons. The first kappa shape index (κ1) is 17.8. The van der Waals surface area contributed by atoms with Crippen LogP contribution in [0.1, 0.15) is 20.8 Å². The van der Waals surface area contributed by atoms with Crippen molar-refractivity contribution in [3.05, 3.63) is 30.3 Å². The largest absolute Gasteiger partial charge is 0.492 e. The number of nitrogens with one attached hydrogen (secondary N) is 1. The molecule has 4 nitrogen and oxygen atoms in total. The third-order valence-electron chi connectivity index (χ3n) is 2.12. The van der Waals surface area contributed by atoms with Gasteiger partial charge >= 0.3 is 5.97 Å². The van der Waals surface area contributed by atoms with E-state index in [0.29, 0.717) is 17.5 Å². The normalized spacial score (nSPS) is 10.8. The molecule has 1 aromatic rings. The van der Waals surface area contributed by atoms with Crippen LogP contribution < -0.4 is 10.1 Å². The van der Waals surface area contributed by atoms with E-state index in [9.17, 15) is 4.79 Å². The summed E-state index contributed by atoms with van der Waals surface area (Å²) in [6.07, 6.45) is 0. The minimum atomic E-state index is -0.462. The lowest BCUT2D eigenvalue weighted by molar-refractivity contribution is -0.151. The zero-order valence-electron chi connectivity index (χ0n) is 12.5. The third-order valence-corrected chi connectivity index (χ3v) is 3.41. The summed E-state index contributed by atoms with van der Waals surface area (Å²) in [7, 11) is 0. The molecule has 0 aliphatic heterocycles. The molecule has 0 saturated heterocycles. The first-order chi connectivity index (χ1) is 9.87. The Kier molecular flexibility index (Phi) is 7.53. The summed E-state index contributed by atoms with van der Waals surface area (Å²) < 4.78 is 11.3. The number of hydrogen-bond acceptors (Lipinski definition) is 5. The Morgan fingerprint density at radius 1 is 1.29 bits per heavy atom. The van der Waals surface area contributed by atoms with Gasteiger partial charge in [-0.25, -0.2) is 0 Å². The number of carbonyl (C=O) groups is 1. The maximum absolute atomic E-state index is 11.5. The Bertz CT molecular complexity index is 458. The Hall–Kier alpha value is -1.27. The van der Waals surface area contributed by atoms with E-state index in [-0.39, 0.29) is 11.7 Å². The highest BCUT2D eigenvalue weighted by Crippen LogP contribution is 2.11.